The molecule has 0 radical (unpaired) electrons. The molecule has 2 heterocycles. The number of rotatable bonds is 6. The minimum atomic E-state index is 0.518. The monoisotopic (exact) mass is 358 g/mol. The van der Waals surface area contributed by atoms with Gasteiger partial charge in [0.15, 0.2) is 5.82 Å². The van der Waals surface area contributed by atoms with Crippen LogP contribution in [0.5, 0.6) is 0 Å². The molecule has 0 atom stereocenters. The van der Waals surface area contributed by atoms with E-state index >= 15 is 0 Å². The average molecular weight is 358 g/mol. The van der Waals surface area contributed by atoms with Crippen molar-refractivity contribution in [1.82, 2.24) is 20.2 Å². The summed E-state index contributed by atoms with van der Waals surface area (Å²) in [5.74, 6) is 1.19. The Bertz CT molecular complexity index is 1050. The van der Waals surface area contributed by atoms with Crippen molar-refractivity contribution < 1.29 is 0 Å². The summed E-state index contributed by atoms with van der Waals surface area (Å²) >= 11 is 0. The number of fused-ring (bicyclic) bond motifs is 1. The first-order valence-electron chi connectivity index (χ1n) is 9.01. The lowest BCUT2D eigenvalue weighted by Gasteiger charge is -2.09. The first kappa shape index (κ1) is 17.0. The highest BCUT2D eigenvalue weighted by atomic mass is 15.3. The van der Waals surface area contributed by atoms with E-state index in [4.69, 9.17) is 0 Å². The van der Waals surface area contributed by atoms with Gasteiger partial charge in [0, 0.05) is 29.3 Å². The zero-order valence-electron chi connectivity index (χ0n) is 15.5. The molecule has 0 unspecified atom stereocenters. The Labute approximate surface area is 158 Å². The summed E-state index contributed by atoms with van der Waals surface area (Å²) in [4.78, 5) is 7.81. The SMILES string of the molecule is Cc1cc(C)cc(Nc2cnnc(NCCc3c[nH]c4ccccc34)n2)c1. The molecular weight excluding hydrogens is 336 g/mol. The Balaban J connectivity index is 1.40. The minimum absolute atomic E-state index is 0.518. The smallest absolute Gasteiger partial charge is 0.244 e. The number of benzene rings is 2. The largest absolute Gasteiger partial charge is 0.361 e. The molecular formula is C21H22N6. The highest BCUT2D eigenvalue weighted by Crippen LogP contribution is 2.19. The van der Waals surface area contributed by atoms with E-state index in [0.717, 1.165) is 24.2 Å². The first-order valence-corrected chi connectivity index (χ1v) is 9.01. The molecule has 27 heavy (non-hydrogen) atoms. The molecule has 4 rings (SSSR count). The first-order chi connectivity index (χ1) is 13.2. The van der Waals surface area contributed by atoms with Crippen LogP contribution in [0.3, 0.4) is 0 Å². The molecule has 0 aliphatic heterocycles. The number of aromatic nitrogens is 4. The molecule has 3 N–H and O–H groups in total. The van der Waals surface area contributed by atoms with Gasteiger partial charge < -0.3 is 15.6 Å². The molecule has 0 aliphatic carbocycles. The predicted octanol–water partition coefficient (Wildman–Crippen LogP) is 4.37. The van der Waals surface area contributed by atoms with E-state index in [1.807, 2.05) is 6.07 Å². The third kappa shape index (κ3) is 4.06. The van der Waals surface area contributed by atoms with Crippen LogP contribution in [-0.2, 0) is 6.42 Å². The topological polar surface area (TPSA) is 78.5 Å². The van der Waals surface area contributed by atoms with Gasteiger partial charge >= 0.3 is 0 Å². The zero-order valence-corrected chi connectivity index (χ0v) is 15.5. The molecule has 0 saturated heterocycles. The van der Waals surface area contributed by atoms with Crippen LogP contribution in [0.15, 0.2) is 54.9 Å². The van der Waals surface area contributed by atoms with E-state index in [1.165, 1.54) is 22.1 Å². The van der Waals surface area contributed by atoms with Crippen molar-refractivity contribution in [2.45, 2.75) is 20.3 Å². The molecule has 0 saturated carbocycles. The minimum Gasteiger partial charge on any atom is -0.361 e. The molecule has 0 bridgehead atoms. The number of aryl methyl sites for hydroxylation is 2. The lowest BCUT2D eigenvalue weighted by atomic mass is 10.1. The predicted molar refractivity (Wildman–Crippen MR) is 110 cm³/mol. The van der Waals surface area contributed by atoms with Crippen molar-refractivity contribution in [2.75, 3.05) is 17.2 Å². The number of hydrogen-bond donors (Lipinski definition) is 3. The van der Waals surface area contributed by atoms with Gasteiger partial charge in [-0.05, 0) is 55.2 Å². The number of H-pyrrole nitrogens is 1. The van der Waals surface area contributed by atoms with Crippen molar-refractivity contribution in [2.24, 2.45) is 0 Å². The van der Waals surface area contributed by atoms with E-state index in [-0.39, 0.29) is 0 Å². The third-order valence-corrected chi connectivity index (χ3v) is 4.41. The van der Waals surface area contributed by atoms with E-state index in [2.05, 4.69) is 87.2 Å². The number of nitrogens with zero attached hydrogens (tertiary/aromatic N) is 3. The normalized spacial score (nSPS) is 10.9. The van der Waals surface area contributed by atoms with Crippen molar-refractivity contribution in [1.29, 1.82) is 0 Å². The Morgan fingerprint density at radius 3 is 2.70 bits per heavy atom. The molecule has 0 amide bonds. The van der Waals surface area contributed by atoms with Crippen molar-refractivity contribution in [3.8, 4) is 0 Å². The maximum Gasteiger partial charge on any atom is 0.244 e. The van der Waals surface area contributed by atoms with E-state index in [9.17, 15) is 0 Å². The zero-order chi connectivity index (χ0) is 18.6. The fraction of sp³-hybridized carbons (Fsp3) is 0.190. The molecule has 0 aliphatic rings. The lowest BCUT2D eigenvalue weighted by Crippen LogP contribution is -2.09. The van der Waals surface area contributed by atoms with Gasteiger partial charge in [0.25, 0.3) is 0 Å². The van der Waals surface area contributed by atoms with Crippen LogP contribution < -0.4 is 10.6 Å². The summed E-state index contributed by atoms with van der Waals surface area (Å²) in [6.45, 7) is 4.89. The van der Waals surface area contributed by atoms with Crippen LogP contribution in [0.4, 0.5) is 17.5 Å². The van der Waals surface area contributed by atoms with Crippen molar-refractivity contribution >= 4 is 28.4 Å². The molecule has 6 heteroatoms. The summed E-state index contributed by atoms with van der Waals surface area (Å²) in [6.07, 6.45) is 4.56. The Morgan fingerprint density at radius 1 is 1.04 bits per heavy atom. The standard InChI is InChI=1S/C21H22N6/c1-14-9-15(2)11-17(10-14)25-20-13-24-27-21(26-20)22-8-7-16-12-23-19-6-4-3-5-18(16)19/h3-6,9-13,23H,7-8H2,1-2H3,(H2,22,25,26,27). The van der Waals surface area contributed by atoms with Crippen LogP contribution in [0, 0.1) is 13.8 Å². The van der Waals surface area contributed by atoms with Crippen LogP contribution in [-0.4, -0.2) is 26.7 Å². The van der Waals surface area contributed by atoms with Crippen LogP contribution in [0.25, 0.3) is 10.9 Å². The molecule has 4 aromatic rings. The van der Waals surface area contributed by atoms with Crippen LogP contribution in [0.2, 0.25) is 0 Å². The van der Waals surface area contributed by atoms with Gasteiger partial charge in [0.1, 0.15) is 0 Å². The summed E-state index contributed by atoms with van der Waals surface area (Å²) < 4.78 is 0. The number of nitrogens with one attached hydrogen (secondary N) is 3. The van der Waals surface area contributed by atoms with Gasteiger partial charge in [0.2, 0.25) is 5.95 Å². The van der Waals surface area contributed by atoms with Crippen LogP contribution in [0.1, 0.15) is 16.7 Å². The Hall–Kier alpha value is -3.41. The quantitative estimate of drug-likeness (QED) is 0.477. The summed E-state index contributed by atoms with van der Waals surface area (Å²) in [7, 11) is 0. The fourth-order valence-electron chi connectivity index (χ4n) is 3.28. The maximum absolute atomic E-state index is 4.50. The lowest BCUT2D eigenvalue weighted by molar-refractivity contribution is 0.931. The average Bonchev–Trinajstić information content (AvgIpc) is 3.05. The molecule has 2 aromatic carbocycles. The third-order valence-electron chi connectivity index (χ3n) is 4.41. The summed E-state index contributed by atoms with van der Waals surface area (Å²) in [5, 5.41) is 15.9. The van der Waals surface area contributed by atoms with E-state index < -0.39 is 0 Å². The van der Waals surface area contributed by atoms with E-state index in [0.29, 0.717) is 11.8 Å². The highest BCUT2D eigenvalue weighted by Gasteiger charge is 2.05. The molecule has 2 aromatic heterocycles. The van der Waals surface area contributed by atoms with Gasteiger partial charge in [-0.15, -0.1) is 5.10 Å². The van der Waals surface area contributed by atoms with Crippen LogP contribution >= 0.6 is 0 Å². The summed E-state index contributed by atoms with van der Waals surface area (Å²) in [6, 6.07) is 14.6. The van der Waals surface area contributed by atoms with Crippen molar-refractivity contribution in [3.63, 3.8) is 0 Å². The number of para-hydroxylation sites is 1. The highest BCUT2D eigenvalue weighted by molar-refractivity contribution is 5.83. The molecule has 0 fully saturated rings. The molecule has 136 valence electrons. The summed E-state index contributed by atoms with van der Waals surface area (Å²) in [5.41, 5.74) is 5.84. The number of aromatic amines is 1. The Morgan fingerprint density at radius 2 is 1.85 bits per heavy atom. The Kier molecular flexibility index (Phi) is 4.70. The molecule has 6 nitrogen and oxygen atoms in total. The maximum atomic E-state index is 4.50. The van der Waals surface area contributed by atoms with Gasteiger partial charge in [-0.1, -0.05) is 24.3 Å². The number of anilines is 3. The number of hydrogen-bond acceptors (Lipinski definition) is 5. The van der Waals surface area contributed by atoms with Gasteiger partial charge in [-0.3, -0.25) is 0 Å². The fourth-order valence-corrected chi connectivity index (χ4v) is 3.28. The van der Waals surface area contributed by atoms with Crippen molar-refractivity contribution in [3.05, 3.63) is 71.5 Å². The molecule has 0 spiro atoms. The van der Waals surface area contributed by atoms with Gasteiger partial charge in [-0.2, -0.15) is 10.1 Å². The van der Waals surface area contributed by atoms with Gasteiger partial charge in [0.05, 0.1) is 6.20 Å². The van der Waals surface area contributed by atoms with Gasteiger partial charge in [-0.25, -0.2) is 0 Å². The second-order valence-corrected chi connectivity index (χ2v) is 6.70. The second-order valence-electron chi connectivity index (χ2n) is 6.70. The van der Waals surface area contributed by atoms with E-state index in [1.54, 1.807) is 6.20 Å². The second kappa shape index (κ2) is 7.45.